The Balaban J connectivity index is 1.98. The maximum atomic E-state index is 11.3. The lowest BCUT2D eigenvalue weighted by molar-refractivity contribution is 0.414. The molecular formula is C14H13N3O2. The summed E-state index contributed by atoms with van der Waals surface area (Å²) in [6.45, 7) is 0. The smallest absolute Gasteiger partial charge is 0.183 e. The van der Waals surface area contributed by atoms with Gasteiger partial charge in [-0.2, -0.15) is 5.10 Å². The second-order valence-corrected chi connectivity index (χ2v) is 4.29. The van der Waals surface area contributed by atoms with Crippen molar-refractivity contribution in [2.75, 3.05) is 7.11 Å². The van der Waals surface area contributed by atoms with Crippen LogP contribution >= 0.6 is 0 Å². The van der Waals surface area contributed by atoms with Gasteiger partial charge in [-0.1, -0.05) is 12.1 Å². The van der Waals surface area contributed by atoms with Gasteiger partial charge in [0.1, 0.15) is 17.2 Å². The Labute approximate surface area is 109 Å². The second kappa shape index (κ2) is 4.61. The molecule has 3 rings (SSSR count). The van der Waals surface area contributed by atoms with E-state index in [2.05, 4.69) is 10.2 Å². The maximum absolute atomic E-state index is 11.3. The van der Waals surface area contributed by atoms with Gasteiger partial charge in [0.05, 0.1) is 7.11 Å². The molecule has 0 atom stereocenters. The maximum Gasteiger partial charge on any atom is 0.183 e. The van der Waals surface area contributed by atoms with E-state index in [9.17, 15) is 4.79 Å². The minimum Gasteiger partial charge on any atom is -0.497 e. The van der Waals surface area contributed by atoms with E-state index in [-0.39, 0.29) is 5.43 Å². The van der Waals surface area contributed by atoms with Gasteiger partial charge in [0.2, 0.25) is 0 Å². The van der Waals surface area contributed by atoms with Crippen LogP contribution in [0.1, 0.15) is 11.4 Å². The normalized spacial score (nSPS) is 10.8. The van der Waals surface area contributed by atoms with Crippen LogP contribution in [-0.2, 0) is 6.42 Å². The van der Waals surface area contributed by atoms with Crippen molar-refractivity contribution >= 4 is 5.65 Å². The number of fused-ring (bicyclic) bond motifs is 1. The summed E-state index contributed by atoms with van der Waals surface area (Å²) in [6, 6.07) is 10.9. The molecule has 0 aliphatic rings. The van der Waals surface area contributed by atoms with Crippen LogP contribution in [0.25, 0.3) is 5.65 Å². The number of aromatic amines is 1. The van der Waals surface area contributed by atoms with E-state index >= 15 is 0 Å². The third kappa shape index (κ3) is 2.22. The summed E-state index contributed by atoms with van der Waals surface area (Å²) < 4.78 is 7.08. The number of methoxy groups -OCH3 is 1. The van der Waals surface area contributed by atoms with E-state index in [1.54, 1.807) is 13.3 Å². The van der Waals surface area contributed by atoms with Gasteiger partial charge in [-0.25, -0.2) is 0 Å². The number of H-pyrrole nitrogens is 1. The number of rotatable bonds is 3. The molecule has 5 nitrogen and oxygen atoms in total. The zero-order chi connectivity index (χ0) is 13.2. The summed E-state index contributed by atoms with van der Waals surface area (Å²) >= 11 is 0. The van der Waals surface area contributed by atoms with Crippen molar-refractivity contribution in [3.8, 4) is 5.75 Å². The highest BCUT2D eigenvalue weighted by molar-refractivity contribution is 5.38. The lowest BCUT2D eigenvalue weighted by Gasteiger charge is -2.03. The molecule has 0 radical (unpaired) electrons. The first-order chi connectivity index (χ1) is 9.26. The van der Waals surface area contributed by atoms with Crippen LogP contribution in [0, 0.1) is 0 Å². The molecule has 19 heavy (non-hydrogen) atoms. The summed E-state index contributed by atoms with van der Waals surface area (Å²) in [7, 11) is 1.65. The van der Waals surface area contributed by atoms with E-state index in [1.165, 1.54) is 12.1 Å². The molecule has 0 aliphatic carbocycles. The topological polar surface area (TPSA) is 59.4 Å². The number of benzene rings is 1. The molecule has 0 spiro atoms. The predicted octanol–water partition coefficient (Wildman–Crippen LogP) is 1.62. The lowest BCUT2D eigenvalue weighted by Crippen LogP contribution is -2.01. The molecule has 0 fully saturated rings. The van der Waals surface area contributed by atoms with Crippen molar-refractivity contribution in [3.05, 3.63) is 64.2 Å². The number of hydrogen-bond acceptors (Lipinski definition) is 3. The van der Waals surface area contributed by atoms with Gasteiger partial charge in [0.15, 0.2) is 5.43 Å². The zero-order valence-electron chi connectivity index (χ0n) is 10.5. The average molecular weight is 255 g/mol. The Hall–Kier alpha value is -2.56. The molecular weight excluding hydrogens is 242 g/mol. The van der Waals surface area contributed by atoms with Crippen molar-refractivity contribution in [3.63, 3.8) is 0 Å². The van der Waals surface area contributed by atoms with Gasteiger partial charge in [-0.15, -0.1) is 0 Å². The van der Waals surface area contributed by atoms with Crippen molar-refractivity contribution in [2.24, 2.45) is 0 Å². The van der Waals surface area contributed by atoms with Crippen LogP contribution in [0.3, 0.4) is 0 Å². The second-order valence-electron chi connectivity index (χ2n) is 4.29. The van der Waals surface area contributed by atoms with Gasteiger partial charge in [0.25, 0.3) is 0 Å². The summed E-state index contributed by atoms with van der Waals surface area (Å²) in [5, 5.41) is 7.11. The number of nitrogens with one attached hydrogen (secondary N) is 1. The number of nitrogens with zero attached hydrogens (tertiary/aromatic N) is 2. The highest BCUT2D eigenvalue weighted by Crippen LogP contribution is 2.15. The summed E-state index contributed by atoms with van der Waals surface area (Å²) in [5.74, 6) is 1.67. The number of ether oxygens (including phenoxy) is 1. The summed E-state index contributed by atoms with van der Waals surface area (Å²) in [6.07, 6.45) is 2.40. The molecule has 3 aromatic rings. The average Bonchev–Trinajstić information content (AvgIpc) is 2.81. The van der Waals surface area contributed by atoms with Gasteiger partial charge >= 0.3 is 0 Å². The van der Waals surface area contributed by atoms with E-state index in [1.807, 2.05) is 28.7 Å². The summed E-state index contributed by atoms with van der Waals surface area (Å²) in [4.78, 5) is 11.3. The molecule has 5 heteroatoms. The standard InChI is InChI=1S/C14H13N3O2/c1-19-12-4-2-3-10(7-12)8-13-15-16-14-9-11(18)5-6-17(13)14/h2-7,9,16H,8H2,1H3. The van der Waals surface area contributed by atoms with E-state index < -0.39 is 0 Å². The molecule has 2 heterocycles. The van der Waals surface area contributed by atoms with E-state index in [0.717, 1.165) is 17.1 Å². The molecule has 0 aliphatic heterocycles. The van der Waals surface area contributed by atoms with E-state index in [4.69, 9.17) is 4.74 Å². The molecule has 0 saturated carbocycles. The SMILES string of the molecule is COc1cccc(Cc2n[nH]c3cc(=O)ccn23)c1. The third-order valence-electron chi connectivity index (χ3n) is 3.00. The number of hydrogen-bond donors (Lipinski definition) is 1. The van der Waals surface area contributed by atoms with Crippen LogP contribution in [0.15, 0.2) is 47.4 Å². The molecule has 2 aromatic heterocycles. The Bertz CT molecular complexity index is 773. The molecule has 0 amide bonds. The Morgan fingerprint density at radius 2 is 2.21 bits per heavy atom. The molecule has 0 saturated heterocycles. The molecule has 0 bridgehead atoms. The van der Waals surface area contributed by atoms with Crippen molar-refractivity contribution in [2.45, 2.75) is 6.42 Å². The fraction of sp³-hybridized carbons (Fsp3) is 0.143. The van der Waals surface area contributed by atoms with Crippen molar-refractivity contribution in [1.29, 1.82) is 0 Å². The zero-order valence-corrected chi connectivity index (χ0v) is 10.5. The quantitative estimate of drug-likeness (QED) is 0.773. The van der Waals surface area contributed by atoms with Crippen molar-refractivity contribution < 1.29 is 4.74 Å². The molecule has 1 aromatic carbocycles. The van der Waals surface area contributed by atoms with Crippen molar-refractivity contribution in [1.82, 2.24) is 14.6 Å². The van der Waals surface area contributed by atoms with Crippen LogP contribution in [0.2, 0.25) is 0 Å². The van der Waals surface area contributed by atoms with Crippen LogP contribution in [0.5, 0.6) is 5.75 Å². The minimum atomic E-state index is -0.0309. The lowest BCUT2D eigenvalue weighted by atomic mass is 10.1. The highest BCUT2D eigenvalue weighted by Gasteiger charge is 2.06. The van der Waals surface area contributed by atoms with Gasteiger partial charge in [0, 0.05) is 24.8 Å². The Morgan fingerprint density at radius 1 is 1.32 bits per heavy atom. The minimum absolute atomic E-state index is 0.0309. The van der Waals surface area contributed by atoms with Gasteiger partial charge < -0.3 is 4.74 Å². The van der Waals surface area contributed by atoms with Crippen LogP contribution < -0.4 is 10.2 Å². The molecule has 0 unspecified atom stereocenters. The van der Waals surface area contributed by atoms with Gasteiger partial charge in [-0.05, 0) is 17.7 Å². The third-order valence-corrected chi connectivity index (χ3v) is 3.00. The highest BCUT2D eigenvalue weighted by atomic mass is 16.5. The first kappa shape index (κ1) is 11.5. The fourth-order valence-corrected chi connectivity index (χ4v) is 2.06. The Kier molecular flexibility index (Phi) is 2.79. The van der Waals surface area contributed by atoms with Crippen LogP contribution in [0.4, 0.5) is 0 Å². The largest absolute Gasteiger partial charge is 0.497 e. The monoisotopic (exact) mass is 255 g/mol. The number of aromatic nitrogens is 3. The first-order valence-corrected chi connectivity index (χ1v) is 5.95. The van der Waals surface area contributed by atoms with E-state index in [0.29, 0.717) is 12.1 Å². The first-order valence-electron chi connectivity index (χ1n) is 5.95. The predicted molar refractivity (Wildman–Crippen MR) is 71.6 cm³/mol. The van der Waals surface area contributed by atoms with Crippen LogP contribution in [-0.4, -0.2) is 21.7 Å². The fourth-order valence-electron chi connectivity index (χ4n) is 2.06. The molecule has 96 valence electrons. The Morgan fingerprint density at radius 3 is 3.05 bits per heavy atom. The number of pyridine rings is 1. The molecule has 1 N–H and O–H groups in total. The summed E-state index contributed by atoms with van der Waals surface area (Å²) in [5.41, 5.74) is 1.77. The van der Waals surface area contributed by atoms with Gasteiger partial charge in [-0.3, -0.25) is 14.3 Å².